The van der Waals surface area contributed by atoms with Crippen molar-refractivity contribution in [3.63, 3.8) is 0 Å². The van der Waals surface area contributed by atoms with Gasteiger partial charge in [0.15, 0.2) is 6.73 Å². The minimum Gasteiger partial charge on any atom is -0.477 e. The number of benzene rings is 1. The summed E-state index contributed by atoms with van der Waals surface area (Å²) in [6, 6.07) is 7.93. The number of ether oxygens (including phenoxy) is 1. The Morgan fingerprint density at radius 2 is 1.93 bits per heavy atom. The number of amides is 2. The molecule has 0 radical (unpaired) electrons. The zero-order chi connectivity index (χ0) is 21.4. The van der Waals surface area contributed by atoms with E-state index in [0.717, 1.165) is 12.1 Å². The van der Waals surface area contributed by atoms with Crippen molar-refractivity contribution in [2.45, 2.75) is 32.5 Å². The summed E-state index contributed by atoms with van der Waals surface area (Å²) in [6.07, 6.45) is -4.52. The first-order valence-corrected chi connectivity index (χ1v) is 9.58. The van der Waals surface area contributed by atoms with Crippen molar-refractivity contribution < 1.29 is 27.5 Å². The highest BCUT2D eigenvalue weighted by Crippen LogP contribution is 2.34. The van der Waals surface area contributed by atoms with Crippen molar-refractivity contribution in [2.24, 2.45) is 0 Å². The Balaban J connectivity index is 1.83. The maximum absolute atomic E-state index is 13.1. The van der Waals surface area contributed by atoms with Crippen LogP contribution in [0.4, 0.5) is 18.9 Å². The molecule has 1 aromatic heterocycles. The molecule has 0 aliphatic carbocycles. The molecule has 0 atom stereocenters. The molecule has 0 saturated heterocycles. The van der Waals surface area contributed by atoms with Gasteiger partial charge in [0.2, 0.25) is 5.91 Å². The highest BCUT2D eigenvalue weighted by Gasteiger charge is 2.42. The van der Waals surface area contributed by atoms with E-state index in [1.165, 1.54) is 42.2 Å². The molecular weight excluding hydrogens is 405 g/mol. The Hall–Kier alpha value is -2.81. The summed E-state index contributed by atoms with van der Waals surface area (Å²) in [5.74, 6) is -0.540. The minimum absolute atomic E-state index is 0.00604. The van der Waals surface area contributed by atoms with Crippen molar-refractivity contribution in [1.82, 2.24) is 4.90 Å². The Kier molecular flexibility index (Phi) is 5.44. The molecule has 1 aromatic carbocycles. The molecular formula is C20H19F3N2O3S. The third-order valence-corrected chi connectivity index (χ3v) is 5.55. The number of anilines is 1. The lowest BCUT2D eigenvalue weighted by atomic mass is 9.98. The molecule has 2 aromatic rings. The summed E-state index contributed by atoms with van der Waals surface area (Å²) in [4.78, 5) is 27.9. The number of nitrogens with zero attached hydrogens (tertiary/aromatic N) is 1. The molecule has 154 valence electrons. The molecule has 1 aliphatic heterocycles. The van der Waals surface area contributed by atoms with Gasteiger partial charge in [0.1, 0.15) is 11.3 Å². The molecule has 0 bridgehead atoms. The van der Waals surface area contributed by atoms with Gasteiger partial charge in [0.05, 0.1) is 11.1 Å². The van der Waals surface area contributed by atoms with Crippen LogP contribution < -0.4 is 5.32 Å². The topological polar surface area (TPSA) is 58.6 Å². The highest BCUT2D eigenvalue weighted by molar-refractivity contribution is 7.11. The molecule has 0 spiro atoms. The lowest BCUT2D eigenvalue weighted by Crippen LogP contribution is -2.57. The molecule has 5 nitrogen and oxygen atoms in total. The van der Waals surface area contributed by atoms with Crippen LogP contribution in [-0.4, -0.2) is 29.0 Å². The highest BCUT2D eigenvalue weighted by atomic mass is 32.1. The van der Waals surface area contributed by atoms with Crippen LogP contribution in [0.5, 0.6) is 0 Å². The Labute approximate surface area is 169 Å². The molecule has 3 rings (SSSR count). The number of alkyl halides is 3. The number of allylic oxidation sites excluding steroid dienone is 1. The quantitative estimate of drug-likeness (QED) is 0.772. The largest absolute Gasteiger partial charge is 0.477 e. The van der Waals surface area contributed by atoms with Crippen LogP contribution in [-0.2, 0) is 20.5 Å². The normalized spacial score (nSPS) is 15.4. The summed E-state index contributed by atoms with van der Waals surface area (Å²) < 4.78 is 44.3. The zero-order valence-corrected chi connectivity index (χ0v) is 16.8. The zero-order valence-electron chi connectivity index (χ0n) is 16.0. The van der Waals surface area contributed by atoms with Crippen LogP contribution in [0.2, 0.25) is 0 Å². The maximum Gasteiger partial charge on any atom is 0.416 e. The average molecular weight is 424 g/mol. The van der Waals surface area contributed by atoms with Crippen molar-refractivity contribution >= 4 is 34.4 Å². The summed E-state index contributed by atoms with van der Waals surface area (Å²) in [5.41, 5.74) is -1.88. The third-order valence-electron chi connectivity index (χ3n) is 4.67. The summed E-state index contributed by atoms with van der Waals surface area (Å²) >= 11 is 1.37. The lowest BCUT2D eigenvalue weighted by Gasteiger charge is -2.40. The number of thiophene rings is 1. The van der Waals surface area contributed by atoms with E-state index in [4.69, 9.17) is 4.74 Å². The van der Waals surface area contributed by atoms with Gasteiger partial charge in [-0.2, -0.15) is 13.2 Å². The molecule has 0 saturated carbocycles. The van der Waals surface area contributed by atoms with Gasteiger partial charge in [0, 0.05) is 10.6 Å². The number of halogens is 3. The van der Waals surface area contributed by atoms with Crippen LogP contribution in [0.3, 0.4) is 0 Å². The van der Waals surface area contributed by atoms with Crippen LogP contribution in [0, 0.1) is 0 Å². The first-order chi connectivity index (χ1) is 13.5. The van der Waals surface area contributed by atoms with Gasteiger partial charge in [-0.3, -0.25) is 14.5 Å². The Morgan fingerprint density at radius 1 is 1.21 bits per heavy atom. The SMILES string of the molecule is CC1=C(c2cccs2)C(=O)N(C(C)(C)C(=O)Nc2cccc(C(F)(F)F)c2)CO1. The molecule has 1 aliphatic rings. The average Bonchev–Trinajstić information content (AvgIpc) is 3.15. The Bertz CT molecular complexity index is 966. The maximum atomic E-state index is 13.1. The molecule has 2 heterocycles. The molecule has 9 heteroatoms. The molecule has 0 fully saturated rings. The molecule has 1 N–H and O–H groups in total. The second-order valence-electron chi connectivity index (χ2n) is 7.01. The fraction of sp³-hybridized carbons (Fsp3) is 0.300. The predicted molar refractivity (Wildman–Crippen MR) is 104 cm³/mol. The van der Waals surface area contributed by atoms with E-state index >= 15 is 0 Å². The van der Waals surface area contributed by atoms with Gasteiger partial charge in [-0.05, 0) is 50.4 Å². The number of rotatable bonds is 4. The van der Waals surface area contributed by atoms with E-state index in [-0.39, 0.29) is 18.3 Å². The van der Waals surface area contributed by atoms with E-state index in [2.05, 4.69) is 5.32 Å². The molecule has 29 heavy (non-hydrogen) atoms. The van der Waals surface area contributed by atoms with Gasteiger partial charge in [-0.1, -0.05) is 12.1 Å². The van der Waals surface area contributed by atoms with Gasteiger partial charge in [-0.25, -0.2) is 0 Å². The van der Waals surface area contributed by atoms with Gasteiger partial charge < -0.3 is 10.1 Å². The van der Waals surface area contributed by atoms with Crippen LogP contribution in [0.1, 0.15) is 31.2 Å². The number of carbonyl (C=O) groups is 2. The number of nitrogens with one attached hydrogen (secondary N) is 1. The number of hydrogen-bond acceptors (Lipinski definition) is 4. The van der Waals surface area contributed by atoms with E-state index in [9.17, 15) is 22.8 Å². The standard InChI is InChI=1S/C20H19F3N2O3S/c1-12-16(15-8-5-9-29-15)17(26)25(11-28-12)19(2,3)18(27)24-14-7-4-6-13(10-14)20(21,22)23/h4-10H,11H2,1-3H3,(H,24,27). The first-order valence-electron chi connectivity index (χ1n) is 8.70. The van der Waals surface area contributed by atoms with Crippen molar-refractivity contribution in [1.29, 1.82) is 0 Å². The summed E-state index contributed by atoms with van der Waals surface area (Å²) in [6.45, 7) is 4.58. The van der Waals surface area contributed by atoms with Crippen molar-refractivity contribution in [3.05, 3.63) is 58.0 Å². The van der Waals surface area contributed by atoms with E-state index in [0.29, 0.717) is 16.2 Å². The summed E-state index contributed by atoms with van der Waals surface area (Å²) in [5, 5.41) is 4.30. The second kappa shape index (κ2) is 7.55. The molecule has 0 unspecified atom stereocenters. The first kappa shape index (κ1) is 20.9. The smallest absolute Gasteiger partial charge is 0.416 e. The fourth-order valence-electron chi connectivity index (χ4n) is 2.87. The second-order valence-corrected chi connectivity index (χ2v) is 7.95. The fourth-order valence-corrected chi connectivity index (χ4v) is 3.68. The van der Waals surface area contributed by atoms with Gasteiger partial charge >= 0.3 is 6.18 Å². The van der Waals surface area contributed by atoms with Crippen molar-refractivity contribution in [2.75, 3.05) is 12.0 Å². The number of carbonyl (C=O) groups excluding carboxylic acids is 2. The summed E-state index contributed by atoms with van der Waals surface area (Å²) in [7, 11) is 0. The Morgan fingerprint density at radius 3 is 2.55 bits per heavy atom. The third kappa shape index (κ3) is 4.14. The van der Waals surface area contributed by atoms with E-state index in [1.54, 1.807) is 19.1 Å². The van der Waals surface area contributed by atoms with Crippen LogP contribution >= 0.6 is 11.3 Å². The number of hydrogen-bond donors (Lipinski definition) is 1. The predicted octanol–water partition coefficient (Wildman–Crippen LogP) is 4.73. The van der Waals surface area contributed by atoms with Crippen LogP contribution in [0.15, 0.2) is 47.5 Å². The molecule has 2 amide bonds. The van der Waals surface area contributed by atoms with Crippen LogP contribution in [0.25, 0.3) is 5.57 Å². The monoisotopic (exact) mass is 424 g/mol. The van der Waals surface area contributed by atoms with Gasteiger partial charge in [0.25, 0.3) is 5.91 Å². The van der Waals surface area contributed by atoms with Crippen molar-refractivity contribution in [3.8, 4) is 0 Å². The van der Waals surface area contributed by atoms with Gasteiger partial charge in [-0.15, -0.1) is 11.3 Å². The van der Waals surface area contributed by atoms with E-state index < -0.39 is 23.2 Å². The van der Waals surface area contributed by atoms with E-state index in [1.807, 2.05) is 5.38 Å². The minimum atomic E-state index is -4.52. The lowest BCUT2D eigenvalue weighted by molar-refractivity contribution is -0.147.